The summed E-state index contributed by atoms with van der Waals surface area (Å²) in [6.07, 6.45) is 18.6. The molecule has 0 saturated carbocycles. The van der Waals surface area contributed by atoms with Crippen LogP contribution in [-0.2, 0) is 10.4 Å². The summed E-state index contributed by atoms with van der Waals surface area (Å²) < 4.78 is 32.8. The van der Waals surface area contributed by atoms with Crippen LogP contribution in [0.1, 0.15) is 72.6 Å². The van der Waals surface area contributed by atoms with Crippen LogP contribution < -0.4 is 0 Å². The Labute approximate surface area is 143 Å². The number of hydrogen-bond acceptors (Lipinski definition) is 5. The maximum atomic E-state index is 8.63. The fourth-order valence-corrected chi connectivity index (χ4v) is 2.54. The van der Waals surface area contributed by atoms with E-state index < -0.39 is 10.4 Å². The molecule has 1 aliphatic rings. The van der Waals surface area contributed by atoms with Crippen molar-refractivity contribution in [3.05, 3.63) is 12.4 Å². The van der Waals surface area contributed by atoms with E-state index in [0.29, 0.717) is 0 Å². The summed E-state index contributed by atoms with van der Waals surface area (Å²) in [6.45, 7) is 4.60. The molecular weight excluding hydrogens is 316 g/mol. The molecule has 0 bridgehead atoms. The molecule has 0 fully saturated rings. The zero-order valence-corrected chi connectivity index (χ0v) is 15.4. The number of rotatable bonds is 11. The molecule has 0 spiro atoms. The molecule has 0 aliphatic carbocycles. The van der Waals surface area contributed by atoms with E-state index in [-0.39, 0.29) is 1.43 Å². The molecule has 1 aliphatic heterocycles. The molecule has 0 amide bonds. The normalized spacial score (nSPS) is 14.1. The molecule has 7 heteroatoms. The monoisotopic (exact) mass is 350 g/mol. The van der Waals surface area contributed by atoms with Gasteiger partial charge in [0.15, 0.2) is 0 Å². The lowest BCUT2D eigenvalue weighted by atomic mass is 10.1. The lowest BCUT2D eigenvalue weighted by molar-refractivity contribution is 0.290. The second-order valence-corrected chi connectivity index (χ2v) is 6.97. The van der Waals surface area contributed by atoms with Gasteiger partial charge in [0.2, 0.25) is 10.4 Å². The quantitative estimate of drug-likeness (QED) is 0.347. The van der Waals surface area contributed by atoms with Gasteiger partial charge in [0.1, 0.15) is 0 Å². The minimum atomic E-state index is -4.92. The van der Waals surface area contributed by atoms with Gasteiger partial charge in [-0.1, -0.05) is 64.7 Å². The molecular formula is C16H34N2O4S. The second-order valence-electron chi connectivity index (χ2n) is 6.12. The van der Waals surface area contributed by atoms with Crippen molar-refractivity contribution < 1.29 is 18.9 Å². The van der Waals surface area contributed by atoms with Crippen molar-refractivity contribution in [3.63, 3.8) is 0 Å². The largest absolute Gasteiger partial charge is 1.00 e. The molecule has 1 heterocycles. The van der Waals surface area contributed by atoms with Crippen molar-refractivity contribution in [2.45, 2.75) is 71.1 Å². The lowest BCUT2D eigenvalue weighted by Gasteiger charge is -2.17. The van der Waals surface area contributed by atoms with Crippen LogP contribution in [0.4, 0.5) is 0 Å². The van der Waals surface area contributed by atoms with Crippen LogP contribution in [0.25, 0.3) is 0 Å². The van der Waals surface area contributed by atoms with Crippen molar-refractivity contribution >= 4 is 10.4 Å². The first-order valence-electron chi connectivity index (χ1n) is 8.64. The van der Waals surface area contributed by atoms with Crippen LogP contribution in [0, 0.1) is 0 Å². The molecule has 6 nitrogen and oxygen atoms in total. The first kappa shape index (κ1) is 22.2. The Morgan fingerprint density at radius 2 is 1.43 bits per heavy atom. The van der Waals surface area contributed by atoms with Crippen molar-refractivity contribution in [2.75, 3.05) is 20.3 Å². The van der Waals surface area contributed by atoms with Crippen molar-refractivity contribution in [1.82, 2.24) is 9.80 Å². The van der Waals surface area contributed by atoms with Gasteiger partial charge < -0.3 is 14.4 Å². The standard InChI is InChI=1S/C16H32N2.H2O4S/c1-3-4-5-6-7-8-9-10-11-12-13-18-15-14-17(2)16-18;1-5(2,3)4/h14-15H,3-13,16H2,1-2H3;(H2,1,2,3,4). The predicted molar refractivity (Wildman–Crippen MR) is 93.8 cm³/mol. The van der Waals surface area contributed by atoms with Gasteiger partial charge in [-0.15, -0.1) is 0 Å². The highest BCUT2D eigenvalue weighted by Crippen LogP contribution is 2.11. The van der Waals surface area contributed by atoms with Crippen LogP contribution in [0.5, 0.6) is 0 Å². The van der Waals surface area contributed by atoms with Gasteiger partial charge >= 0.3 is 1.43 Å². The van der Waals surface area contributed by atoms with Gasteiger partial charge in [-0.3, -0.25) is 4.55 Å². The molecule has 23 heavy (non-hydrogen) atoms. The fraction of sp³-hybridized carbons (Fsp3) is 0.875. The highest BCUT2D eigenvalue weighted by atomic mass is 32.3. The third kappa shape index (κ3) is 19.2. The maximum absolute atomic E-state index is 8.63. The molecule has 0 atom stereocenters. The molecule has 0 aromatic heterocycles. The van der Waals surface area contributed by atoms with Crippen molar-refractivity contribution in [1.29, 1.82) is 0 Å². The van der Waals surface area contributed by atoms with E-state index in [1.165, 1.54) is 70.8 Å². The zero-order valence-electron chi connectivity index (χ0n) is 15.6. The third-order valence-corrected chi connectivity index (χ3v) is 3.74. The molecule has 1 rings (SSSR count). The van der Waals surface area contributed by atoms with Crippen LogP contribution >= 0.6 is 0 Å². The second kappa shape index (κ2) is 13.6. The molecule has 0 aromatic carbocycles. The van der Waals surface area contributed by atoms with Gasteiger partial charge in [-0.05, 0) is 6.42 Å². The Kier molecular flexibility index (Phi) is 13.2. The highest BCUT2D eigenvalue weighted by Gasteiger charge is 2.06. The number of hydrogen-bond donors (Lipinski definition) is 1. The van der Waals surface area contributed by atoms with Gasteiger partial charge in [-0.2, -0.15) is 0 Å². The Morgan fingerprint density at radius 3 is 1.83 bits per heavy atom. The first-order valence-corrected chi connectivity index (χ1v) is 10.0. The lowest BCUT2D eigenvalue weighted by Crippen LogP contribution is -2.23. The Bertz CT molecular complexity index is 397. The first-order chi connectivity index (χ1) is 10.8. The fourth-order valence-electron chi connectivity index (χ4n) is 2.54. The van der Waals surface area contributed by atoms with Crippen molar-refractivity contribution in [2.24, 2.45) is 0 Å². The van der Waals surface area contributed by atoms with Gasteiger partial charge in [-0.25, -0.2) is 8.42 Å². The summed E-state index contributed by atoms with van der Waals surface area (Å²) in [5.74, 6) is 0. The maximum Gasteiger partial charge on any atom is 1.00 e. The topological polar surface area (TPSA) is 83.9 Å². The Morgan fingerprint density at radius 1 is 1.00 bits per heavy atom. The van der Waals surface area contributed by atoms with E-state index in [4.69, 9.17) is 17.5 Å². The minimum Gasteiger partial charge on any atom is -0.726 e. The number of nitrogens with zero attached hydrogens (tertiary/aromatic N) is 2. The summed E-state index contributed by atoms with van der Waals surface area (Å²) in [6, 6.07) is 0. The van der Waals surface area contributed by atoms with Crippen LogP contribution in [0.2, 0.25) is 0 Å². The van der Waals surface area contributed by atoms with E-state index in [1.807, 2.05) is 0 Å². The zero-order chi connectivity index (χ0) is 17.6. The number of unbranched alkanes of at least 4 members (excludes halogenated alkanes) is 9. The van der Waals surface area contributed by atoms with Crippen LogP contribution in [-0.4, -0.2) is 47.6 Å². The SMILES string of the molecule is CCCCCCCCCCCCN1C=CN(C)C1.O=S(=O)([O-])O.[H+]. The molecule has 1 N–H and O–H groups in total. The predicted octanol–water partition coefficient (Wildman–Crippen LogP) is 3.70. The molecule has 138 valence electrons. The average molecular weight is 351 g/mol. The third-order valence-electron chi connectivity index (χ3n) is 3.74. The van der Waals surface area contributed by atoms with E-state index >= 15 is 0 Å². The minimum absolute atomic E-state index is 0. The smallest absolute Gasteiger partial charge is 0.726 e. The van der Waals surface area contributed by atoms with E-state index in [2.05, 4.69) is 36.2 Å². The Balaban J connectivity index is 0. The van der Waals surface area contributed by atoms with Crippen molar-refractivity contribution in [3.8, 4) is 0 Å². The van der Waals surface area contributed by atoms with E-state index in [1.54, 1.807) is 0 Å². The van der Waals surface area contributed by atoms with E-state index in [9.17, 15) is 0 Å². The average Bonchev–Trinajstić information content (AvgIpc) is 2.85. The molecule has 0 radical (unpaired) electrons. The van der Waals surface area contributed by atoms with E-state index in [0.717, 1.165) is 6.67 Å². The molecule has 0 aromatic rings. The van der Waals surface area contributed by atoms with Gasteiger partial charge in [0, 0.05) is 26.0 Å². The van der Waals surface area contributed by atoms with Gasteiger partial charge in [0.05, 0.1) is 6.67 Å². The van der Waals surface area contributed by atoms with Crippen LogP contribution in [0.15, 0.2) is 12.4 Å². The summed E-state index contributed by atoms with van der Waals surface area (Å²) in [7, 11) is -2.78. The summed E-state index contributed by atoms with van der Waals surface area (Å²) >= 11 is 0. The Hall–Kier alpha value is -0.790. The summed E-state index contributed by atoms with van der Waals surface area (Å²) in [5, 5.41) is 0. The molecule has 0 saturated heterocycles. The van der Waals surface area contributed by atoms with Gasteiger partial charge in [0.25, 0.3) is 0 Å². The van der Waals surface area contributed by atoms with Crippen LogP contribution in [0.3, 0.4) is 0 Å². The summed E-state index contributed by atoms with van der Waals surface area (Å²) in [4.78, 5) is 4.64. The highest BCUT2D eigenvalue weighted by molar-refractivity contribution is 7.79. The summed E-state index contributed by atoms with van der Waals surface area (Å²) in [5.41, 5.74) is 0. The molecule has 0 unspecified atom stereocenters.